The number of amides is 3. The van der Waals surface area contributed by atoms with Crippen molar-refractivity contribution in [3.8, 4) is 0 Å². The molecule has 0 atom stereocenters. The van der Waals surface area contributed by atoms with Crippen LogP contribution < -0.4 is 11.1 Å². The summed E-state index contributed by atoms with van der Waals surface area (Å²) in [5.41, 5.74) is 4.84. The second-order valence-corrected chi connectivity index (χ2v) is 6.21. The van der Waals surface area contributed by atoms with E-state index in [1.165, 1.54) is 6.42 Å². The minimum atomic E-state index is -0.642. The molecule has 0 bridgehead atoms. The Balaban J connectivity index is 2.59. The van der Waals surface area contributed by atoms with Gasteiger partial charge in [0.2, 0.25) is 0 Å². The van der Waals surface area contributed by atoms with Gasteiger partial charge in [0.05, 0.1) is 0 Å². The van der Waals surface area contributed by atoms with E-state index in [-0.39, 0.29) is 19.1 Å². The van der Waals surface area contributed by atoms with Crippen LogP contribution in [0.15, 0.2) is 0 Å². The number of ether oxygens (including phenoxy) is 1. The van der Waals surface area contributed by atoms with E-state index in [2.05, 4.69) is 5.32 Å². The summed E-state index contributed by atoms with van der Waals surface area (Å²) in [6, 6.07) is -0.254. The van der Waals surface area contributed by atoms with Gasteiger partial charge in [0.15, 0.2) is 0 Å². The molecule has 6 nitrogen and oxygen atoms in total. The summed E-state index contributed by atoms with van der Waals surface area (Å²) in [4.78, 5) is 25.3. The first kappa shape index (κ1) is 16.8. The maximum Gasteiger partial charge on any atom is 0.418 e. The van der Waals surface area contributed by atoms with E-state index in [1.54, 1.807) is 20.8 Å². The number of urea groups is 1. The van der Waals surface area contributed by atoms with Gasteiger partial charge in [-0.25, -0.2) is 14.5 Å². The molecule has 1 rings (SSSR count). The Morgan fingerprint density at radius 3 is 2.35 bits per heavy atom. The molecule has 0 heterocycles. The van der Waals surface area contributed by atoms with Crippen molar-refractivity contribution < 1.29 is 14.3 Å². The van der Waals surface area contributed by atoms with Crippen molar-refractivity contribution in [1.29, 1.82) is 0 Å². The predicted octanol–water partition coefficient (Wildman–Crippen LogP) is 2.22. The highest BCUT2D eigenvalue weighted by Crippen LogP contribution is 2.18. The van der Waals surface area contributed by atoms with Crippen LogP contribution in [0.4, 0.5) is 9.59 Å². The topological polar surface area (TPSA) is 84.7 Å². The number of hydrogen-bond acceptors (Lipinski definition) is 4. The molecule has 0 aromatic carbocycles. The summed E-state index contributed by atoms with van der Waals surface area (Å²) >= 11 is 0. The van der Waals surface area contributed by atoms with Crippen LogP contribution in [0.25, 0.3) is 0 Å². The van der Waals surface area contributed by atoms with Gasteiger partial charge in [-0.3, -0.25) is 0 Å². The van der Waals surface area contributed by atoms with E-state index in [0.29, 0.717) is 0 Å². The molecular weight excluding hydrogens is 258 g/mol. The first-order valence-corrected chi connectivity index (χ1v) is 7.34. The van der Waals surface area contributed by atoms with E-state index in [1.807, 2.05) is 0 Å². The van der Waals surface area contributed by atoms with Gasteiger partial charge in [-0.2, -0.15) is 0 Å². The fraction of sp³-hybridized carbons (Fsp3) is 0.857. The Kier molecular flexibility index (Phi) is 6.26. The lowest BCUT2D eigenvalue weighted by atomic mass is 9.96. The average Bonchev–Trinajstić information content (AvgIpc) is 2.34. The van der Waals surface area contributed by atoms with Crippen molar-refractivity contribution in [1.82, 2.24) is 10.2 Å². The van der Waals surface area contributed by atoms with Crippen molar-refractivity contribution in [2.24, 2.45) is 5.73 Å². The first-order valence-electron chi connectivity index (χ1n) is 7.34. The van der Waals surface area contributed by atoms with Crippen molar-refractivity contribution in [2.45, 2.75) is 64.5 Å². The molecule has 20 heavy (non-hydrogen) atoms. The number of nitrogens with zero attached hydrogens (tertiary/aromatic N) is 1. The number of nitrogens with two attached hydrogens (primary N) is 1. The van der Waals surface area contributed by atoms with Crippen molar-refractivity contribution in [3.63, 3.8) is 0 Å². The lowest BCUT2D eigenvalue weighted by Gasteiger charge is -2.29. The number of hydrogen-bond donors (Lipinski definition) is 2. The fourth-order valence-electron chi connectivity index (χ4n) is 2.22. The molecule has 6 heteroatoms. The molecule has 0 aromatic heterocycles. The van der Waals surface area contributed by atoms with Crippen LogP contribution in [0.2, 0.25) is 0 Å². The Bertz CT molecular complexity index is 333. The van der Waals surface area contributed by atoms with Gasteiger partial charge < -0.3 is 15.8 Å². The van der Waals surface area contributed by atoms with Crippen LogP contribution in [0.1, 0.15) is 52.9 Å². The summed E-state index contributed by atoms with van der Waals surface area (Å²) in [5.74, 6) is 0. The smallest absolute Gasteiger partial charge is 0.418 e. The quantitative estimate of drug-likeness (QED) is 0.832. The van der Waals surface area contributed by atoms with Crippen LogP contribution in [-0.4, -0.2) is 41.8 Å². The Morgan fingerprint density at radius 2 is 1.85 bits per heavy atom. The van der Waals surface area contributed by atoms with Gasteiger partial charge in [0.1, 0.15) is 5.60 Å². The largest absolute Gasteiger partial charge is 0.443 e. The van der Waals surface area contributed by atoms with E-state index >= 15 is 0 Å². The van der Waals surface area contributed by atoms with E-state index in [9.17, 15) is 9.59 Å². The van der Waals surface area contributed by atoms with E-state index < -0.39 is 17.7 Å². The van der Waals surface area contributed by atoms with Gasteiger partial charge in [0, 0.05) is 19.1 Å². The molecule has 1 aliphatic rings. The summed E-state index contributed by atoms with van der Waals surface area (Å²) in [6.07, 6.45) is 4.75. The zero-order chi connectivity index (χ0) is 15.2. The molecule has 1 fully saturated rings. The minimum Gasteiger partial charge on any atom is -0.443 e. The third kappa shape index (κ3) is 5.77. The second-order valence-electron chi connectivity index (χ2n) is 6.21. The molecule has 0 radical (unpaired) electrons. The van der Waals surface area contributed by atoms with E-state index in [4.69, 9.17) is 10.5 Å². The van der Waals surface area contributed by atoms with Crippen LogP contribution in [0.5, 0.6) is 0 Å². The Labute approximate surface area is 121 Å². The van der Waals surface area contributed by atoms with E-state index in [0.717, 1.165) is 30.6 Å². The second kappa shape index (κ2) is 7.47. The van der Waals surface area contributed by atoms with Crippen molar-refractivity contribution in [2.75, 3.05) is 13.1 Å². The molecule has 1 saturated carbocycles. The maximum atomic E-state index is 12.2. The lowest BCUT2D eigenvalue weighted by Crippen LogP contribution is -2.50. The third-order valence-electron chi connectivity index (χ3n) is 3.14. The molecule has 116 valence electrons. The zero-order valence-corrected chi connectivity index (χ0v) is 12.8. The average molecular weight is 285 g/mol. The summed E-state index contributed by atoms with van der Waals surface area (Å²) in [6.45, 7) is 5.69. The van der Waals surface area contributed by atoms with Crippen LogP contribution in [0.3, 0.4) is 0 Å². The molecule has 0 spiro atoms. The lowest BCUT2D eigenvalue weighted by molar-refractivity contribution is 0.0322. The summed E-state index contributed by atoms with van der Waals surface area (Å²) in [7, 11) is 0. The van der Waals surface area contributed by atoms with Crippen molar-refractivity contribution in [3.05, 3.63) is 0 Å². The number of rotatable bonds is 3. The van der Waals surface area contributed by atoms with Crippen LogP contribution in [0, 0.1) is 0 Å². The Morgan fingerprint density at radius 1 is 1.25 bits per heavy atom. The number of nitrogens with one attached hydrogen (secondary N) is 1. The monoisotopic (exact) mass is 285 g/mol. The van der Waals surface area contributed by atoms with Gasteiger partial charge in [-0.15, -0.1) is 0 Å². The molecule has 1 aliphatic carbocycles. The normalized spacial score (nSPS) is 16.6. The van der Waals surface area contributed by atoms with Gasteiger partial charge in [-0.1, -0.05) is 19.3 Å². The predicted molar refractivity (Wildman–Crippen MR) is 77.4 cm³/mol. The number of imide groups is 1. The van der Waals surface area contributed by atoms with Crippen molar-refractivity contribution >= 4 is 12.1 Å². The van der Waals surface area contributed by atoms with Gasteiger partial charge in [0.25, 0.3) is 0 Å². The van der Waals surface area contributed by atoms with Gasteiger partial charge in [-0.05, 0) is 33.6 Å². The SMILES string of the molecule is CC(C)(C)OC(=O)N(CCN)C(=O)NC1CCCCC1. The molecule has 0 saturated heterocycles. The molecule has 0 aliphatic heterocycles. The molecule has 3 N–H and O–H groups in total. The molecule has 0 aromatic rings. The van der Waals surface area contributed by atoms with Crippen LogP contribution in [-0.2, 0) is 4.74 Å². The van der Waals surface area contributed by atoms with Gasteiger partial charge >= 0.3 is 12.1 Å². The first-order chi connectivity index (χ1) is 9.33. The minimum absolute atomic E-state index is 0.152. The fourth-order valence-corrected chi connectivity index (χ4v) is 2.22. The highest BCUT2D eigenvalue weighted by atomic mass is 16.6. The highest BCUT2D eigenvalue weighted by Gasteiger charge is 2.28. The highest BCUT2D eigenvalue weighted by molar-refractivity contribution is 5.91. The molecule has 0 unspecified atom stereocenters. The third-order valence-corrected chi connectivity index (χ3v) is 3.14. The summed E-state index contributed by atoms with van der Waals surface area (Å²) in [5, 5.41) is 2.90. The Hall–Kier alpha value is -1.30. The number of carbonyl (C=O) groups is 2. The number of carbonyl (C=O) groups excluding carboxylic acids is 2. The molecular formula is C14H27N3O3. The standard InChI is InChI=1S/C14H27N3O3/c1-14(2,3)20-13(19)17(10-9-15)12(18)16-11-7-5-4-6-8-11/h11H,4-10,15H2,1-3H3,(H,16,18). The molecule has 3 amide bonds. The summed E-state index contributed by atoms with van der Waals surface area (Å²) < 4.78 is 5.23. The van der Waals surface area contributed by atoms with Crippen LogP contribution >= 0.6 is 0 Å². The zero-order valence-electron chi connectivity index (χ0n) is 12.8. The maximum absolute atomic E-state index is 12.2.